The van der Waals surface area contributed by atoms with E-state index in [0.717, 1.165) is 69.7 Å². The number of rotatable bonds is 4. The van der Waals surface area contributed by atoms with E-state index in [9.17, 15) is 9.59 Å². The van der Waals surface area contributed by atoms with Gasteiger partial charge in [0.05, 0.1) is 10.8 Å². The topological polar surface area (TPSA) is 43.9 Å². The summed E-state index contributed by atoms with van der Waals surface area (Å²) in [5, 5.41) is 1.94. The Bertz CT molecular complexity index is 921. The molecule has 5 rings (SSSR count). The summed E-state index contributed by atoms with van der Waals surface area (Å²) in [5.41, 5.74) is 2.87. The Hall–Kier alpha value is -2.34. The van der Waals surface area contributed by atoms with E-state index in [1.54, 1.807) is 0 Å². The summed E-state index contributed by atoms with van der Waals surface area (Å²) in [7, 11) is 0. The summed E-state index contributed by atoms with van der Waals surface area (Å²) in [6.07, 6.45) is 5.12. The molecule has 2 saturated heterocycles. The summed E-state index contributed by atoms with van der Waals surface area (Å²) in [5.74, 6) is 0.948. The Morgan fingerprint density at radius 1 is 0.935 bits per heavy atom. The maximum absolute atomic E-state index is 13.2. The van der Waals surface area contributed by atoms with Crippen LogP contribution in [-0.4, -0.2) is 60.9 Å². The van der Waals surface area contributed by atoms with E-state index in [1.165, 1.54) is 22.6 Å². The van der Waals surface area contributed by atoms with Crippen molar-refractivity contribution >= 4 is 28.8 Å². The number of piperidine rings is 2. The molecule has 4 heterocycles. The Labute approximate surface area is 188 Å². The molecule has 2 aromatic rings. The van der Waals surface area contributed by atoms with Gasteiger partial charge >= 0.3 is 0 Å². The molecule has 0 aliphatic carbocycles. The molecule has 1 atom stereocenters. The van der Waals surface area contributed by atoms with Gasteiger partial charge in [-0.25, -0.2) is 0 Å². The molecule has 0 N–H and O–H groups in total. The number of hydrogen-bond acceptors (Lipinski definition) is 4. The van der Waals surface area contributed by atoms with Gasteiger partial charge in [0.2, 0.25) is 5.91 Å². The normalized spacial score (nSPS) is 21.9. The SMILES string of the molecule is O=C(c1cccs1)N1CCCC(C(=O)N2CCC(CN3CCc4ccccc43)CC2)C1. The van der Waals surface area contributed by atoms with Crippen LogP contribution in [0, 0.1) is 11.8 Å². The second-order valence-corrected chi connectivity index (χ2v) is 10.1. The smallest absolute Gasteiger partial charge is 0.263 e. The van der Waals surface area contributed by atoms with Gasteiger partial charge in [0.25, 0.3) is 5.91 Å². The number of carbonyl (C=O) groups is 2. The van der Waals surface area contributed by atoms with Gasteiger partial charge in [0.1, 0.15) is 0 Å². The fraction of sp³-hybridized carbons (Fsp3) is 0.520. The number of fused-ring (bicyclic) bond motifs is 1. The lowest BCUT2D eigenvalue weighted by molar-refractivity contribution is -0.138. The summed E-state index contributed by atoms with van der Waals surface area (Å²) in [4.78, 5) is 33.2. The first-order valence-corrected chi connectivity index (χ1v) is 12.5. The number of anilines is 1. The zero-order valence-corrected chi connectivity index (χ0v) is 18.9. The number of para-hydroxylation sites is 1. The van der Waals surface area contributed by atoms with E-state index >= 15 is 0 Å². The number of nitrogens with zero attached hydrogens (tertiary/aromatic N) is 3. The van der Waals surface area contributed by atoms with Gasteiger partial charge in [0, 0.05) is 45.0 Å². The van der Waals surface area contributed by atoms with E-state index in [1.807, 2.05) is 22.4 Å². The lowest BCUT2D eigenvalue weighted by Gasteiger charge is -2.38. The first-order valence-electron chi connectivity index (χ1n) is 11.6. The molecule has 0 radical (unpaired) electrons. The van der Waals surface area contributed by atoms with Crippen LogP contribution in [0.5, 0.6) is 0 Å². The van der Waals surface area contributed by atoms with Crippen molar-refractivity contribution < 1.29 is 9.59 Å². The fourth-order valence-electron chi connectivity index (χ4n) is 5.42. The summed E-state index contributed by atoms with van der Waals surface area (Å²) in [6.45, 7) is 5.27. The van der Waals surface area contributed by atoms with Crippen molar-refractivity contribution in [3.8, 4) is 0 Å². The predicted molar refractivity (Wildman–Crippen MR) is 125 cm³/mol. The van der Waals surface area contributed by atoms with Crippen molar-refractivity contribution in [3.05, 3.63) is 52.2 Å². The van der Waals surface area contributed by atoms with Gasteiger partial charge < -0.3 is 14.7 Å². The molecule has 2 amide bonds. The molecular weight excluding hydrogens is 406 g/mol. The maximum Gasteiger partial charge on any atom is 0.263 e. The van der Waals surface area contributed by atoms with Gasteiger partial charge in [0.15, 0.2) is 0 Å². The third kappa shape index (κ3) is 4.36. The molecule has 0 spiro atoms. The second kappa shape index (κ2) is 9.03. The maximum atomic E-state index is 13.2. The van der Waals surface area contributed by atoms with Crippen LogP contribution in [-0.2, 0) is 11.2 Å². The van der Waals surface area contributed by atoms with Crippen LogP contribution in [0.25, 0.3) is 0 Å². The number of amides is 2. The number of hydrogen-bond donors (Lipinski definition) is 0. The van der Waals surface area contributed by atoms with E-state index in [4.69, 9.17) is 0 Å². The largest absolute Gasteiger partial charge is 0.371 e. The fourth-order valence-corrected chi connectivity index (χ4v) is 6.11. The van der Waals surface area contributed by atoms with Crippen molar-refractivity contribution in [2.75, 3.05) is 44.2 Å². The van der Waals surface area contributed by atoms with Crippen molar-refractivity contribution in [1.29, 1.82) is 0 Å². The lowest BCUT2D eigenvalue weighted by Crippen LogP contribution is -2.49. The molecule has 164 valence electrons. The van der Waals surface area contributed by atoms with Crippen LogP contribution in [0.3, 0.4) is 0 Å². The third-order valence-electron chi connectivity index (χ3n) is 7.18. The van der Waals surface area contributed by atoms with Crippen LogP contribution >= 0.6 is 11.3 Å². The van der Waals surface area contributed by atoms with E-state index in [0.29, 0.717) is 12.5 Å². The quantitative estimate of drug-likeness (QED) is 0.729. The van der Waals surface area contributed by atoms with E-state index in [2.05, 4.69) is 34.1 Å². The zero-order valence-electron chi connectivity index (χ0n) is 18.0. The molecule has 0 saturated carbocycles. The molecule has 2 fully saturated rings. The van der Waals surface area contributed by atoms with E-state index in [-0.39, 0.29) is 17.7 Å². The number of thiophene rings is 1. The highest BCUT2D eigenvalue weighted by molar-refractivity contribution is 7.12. The van der Waals surface area contributed by atoms with Crippen molar-refractivity contribution in [2.45, 2.75) is 32.1 Å². The molecule has 3 aliphatic rings. The minimum Gasteiger partial charge on any atom is -0.371 e. The second-order valence-electron chi connectivity index (χ2n) is 9.16. The first kappa shape index (κ1) is 20.6. The molecule has 3 aliphatic heterocycles. The minimum atomic E-state index is -0.0420. The van der Waals surface area contributed by atoms with Crippen molar-refractivity contribution in [1.82, 2.24) is 9.80 Å². The van der Waals surface area contributed by atoms with Gasteiger partial charge in [-0.15, -0.1) is 11.3 Å². The van der Waals surface area contributed by atoms with Gasteiger partial charge in [-0.3, -0.25) is 9.59 Å². The Morgan fingerprint density at radius 3 is 2.58 bits per heavy atom. The van der Waals surface area contributed by atoms with Gasteiger partial charge in [-0.1, -0.05) is 24.3 Å². The Balaban J connectivity index is 1.13. The van der Waals surface area contributed by atoms with Crippen LogP contribution in [0.1, 0.15) is 40.9 Å². The average Bonchev–Trinajstić information content (AvgIpc) is 3.50. The molecule has 0 bridgehead atoms. The minimum absolute atomic E-state index is 0.0420. The van der Waals surface area contributed by atoms with Crippen LogP contribution in [0.2, 0.25) is 0 Å². The van der Waals surface area contributed by atoms with Crippen molar-refractivity contribution in [2.24, 2.45) is 11.8 Å². The number of carbonyl (C=O) groups excluding carboxylic acids is 2. The standard InChI is InChI=1S/C25H31N3O2S/c29-24(21-6-3-12-28(18-21)25(30)23-8-4-16-31-23)26-13-9-19(10-14-26)17-27-15-11-20-5-1-2-7-22(20)27/h1-2,4-5,7-8,16,19,21H,3,6,9-15,17-18H2. The van der Waals surface area contributed by atoms with E-state index < -0.39 is 0 Å². The highest BCUT2D eigenvalue weighted by Crippen LogP contribution is 2.31. The number of benzene rings is 1. The molecule has 1 aromatic carbocycles. The monoisotopic (exact) mass is 437 g/mol. The third-order valence-corrected chi connectivity index (χ3v) is 8.04. The lowest BCUT2D eigenvalue weighted by atomic mass is 9.92. The molecule has 31 heavy (non-hydrogen) atoms. The summed E-state index contributed by atoms with van der Waals surface area (Å²) < 4.78 is 0. The predicted octanol–water partition coefficient (Wildman–Crippen LogP) is 3.90. The van der Waals surface area contributed by atoms with Gasteiger partial charge in [-0.05, 0) is 61.1 Å². The highest BCUT2D eigenvalue weighted by atomic mass is 32.1. The van der Waals surface area contributed by atoms with Gasteiger partial charge in [-0.2, -0.15) is 0 Å². The summed E-state index contributed by atoms with van der Waals surface area (Å²) in [6, 6.07) is 12.5. The molecule has 5 nitrogen and oxygen atoms in total. The van der Waals surface area contributed by atoms with Crippen LogP contribution in [0.15, 0.2) is 41.8 Å². The van der Waals surface area contributed by atoms with Crippen LogP contribution < -0.4 is 4.90 Å². The Kier molecular flexibility index (Phi) is 5.99. The number of likely N-dealkylation sites (tertiary alicyclic amines) is 2. The van der Waals surface area contributed by atoms with Crippen LogP contribution in [0.4, 0.5) is 5.69 Å². The first-order chi connectivity index (χ1) is 15.2. The molecule has 6 heteroatoms. The zero-order chi connectivity index (χ0) is 21.2. The van der Waals surface area contributed by atoms with Crippen molar-refractivity contribution in [3.63, 3.8) is 0 Å². The molecular formula is C25H31N3O2S. The average molecular weight is 438 g/mol. The molecule has 1 aromatic heterocycles. The molecule has 1 unspecified atom stereocenters. The Morgan fingerprint density at radius 2 is 1.77 bits per heavy atom. The summed E-state index contributed by atoms with van der Waals surface area (Å²) >= 11 is 1.48. The highest BCUT2D eigenvalue weighted by Gasteiger charge is 2.34.